The topological polar surface area (TPSA) is 66.5 Å². The van der Waals surface area contributed by atoms with Gasteiger partial charge in [0.25, 0.3) is 0 Å². The number of para-hydroxylation sites is 1. The summed E-state index contributed by atoms with van der Waals surface area (Å²) in [5, 5.41) is 3.33. The van der Waals surface area contributed by atoms with Gasteiger partial charge in [-0.15, -0.1) is 0 Å². The largest absolute Gasteiger partial charge is 0.324 e. The van der Waals surface area contributed by atoms with Crippen LogP contribution in [0.1, 0.15) is 27.7 Å². The van der Waals surface area contributed by atoms with Crippen molar-refractivity contribution in [3.63, 3.8) is 0 Å². The first kappa shape index (κ1) is 18.3. The number of benzene rings is 1. The molecule has 0 spiro atoms. The van der Waals surface area contributed by atoms with Crippen molar-refractivity contribution in [2.45, 2.75) is 33.7 Å². The van der Waals surface area contributed by atoms with Crippen LogP contribution in [0, 0.1) is 5.41 Å². The molecule has 0 aromatic heterocycles. The number of hydrogen-bond donors (Lipinski definition) is 1. The van der Waals surface area contributed by atoms with Crippen LogP contribution in [0.5, 0.6) is 0 Å². The van der Waals surface area contributed by atoms with E-state index >= 15 is 0 Å². The molecule has 1 aliphatic heterocycles. The first-order valence-corrected chi connectivity index (χ1v) is 8.75. The number of amides is 2. The molecule has 1 atom stereocenters. The number of allylic oxidation sites excluding steroid dienone is 1. The highest BCUT2D eigenvalue weighted by molar-refractivity contribution is 8.04. The van der Waals surface area contributed by atoms with E-state index in [-0.39, 0.29) is 23.4 Å². The highest BCUT2D eigenvalue weighted by atomic mass is 32.2. The third-order valence-corrected chi connectivity index (χ3v) is 4.65. The van der Waals surface area contributed by atoms with Crippen molar-refractivity contribution in [3.05, 3.63) is 41.4 Å². The third kappa shape index (κ3) is 4.26. The van der Waals surface area contributed by atoms with Gasteiger partial charge in [-0.3, -0.25) is 19.3 Å². The van der Waals surface area contributed by atoms with Crippen LogP contribution in [-0.4, -0.2) is 34.3 Å². The van der Waals surface area contributed by atoms with Gasteiger partial charge in [0.2, 0.25) is 11.8 Å². The number of ketones is 1. The summed E-state index contributed by atoms with van der Waals surface area (Å²) in [5.74, 6) is -0.276. The first-order valence-electron chi connectivity index (χ1n) is 7.77. The second-order valence-electron chi connectivity index (χ2n) is 6.68. The fourth-order valence-corrected chi connectivity index (χ4v) is 3.13. The van der Waals surface area contributed by atoms with Gasteiger partial charge in [0.15, 0.2) is 5.78 Å². The van der Waals surface area contributed by atoms with Gasteiger partial charge < -0.3 is 5.32 Å². The fraction of sp³-hybridized carbons (Fsp3) is 0.389. The van der Waals surface area contributed by atoms with Crippen LogP contribution in [0.15, 0.2) is 41.4 Å². The Balaban J connectivity index is 2.17. The minimum atomic E-state index is -0.688. The highest BCUT2D eigenvalue weighted by Crippen LogP contribution is 2.32. The minimum Gasteiger partial charge on any atom is -0.324 e. The molecule has 1 saturated heterocycles. The monoisotopic (exact) mass is 346 g/mol. The summed E-state index contributed by atoms with van der Waals surface area (Å²) >= 11 is 1.29. The van der Waals surface area contributed by atoms with E-state index in [1.165, 1.54) is 22.7 Å². The maximum absolute atomic E-state index is 12.4. The molecule has 24 heavy (non-hydrogen) atoms. The van der Waals surface area contributed by atoms with Crippen molar-refractivity contribution < 1.29 is 14.4 Å². The summed E-state index contributed by atoms with van der Waals surface area (Å²) in [6.45, 7) is 7.13. The van der Waals surface area contributed by atoms with Crippen LogP contribution >= 0.6 is 11.8 Å². The number of carbonyl (C=O) groups excluding carboxylic acids is 3. The summed E-state index contributed by atoms with van der Waals surface area (Å²) in [6.07, 6.45) is 1.47. The Bertz CT molecular complexity index is 677. The Morgan fingerprint density at radius 1 is 1.25 bits per heavy atom. The van der Waals surface area contributed by atoms with Crippen LogP contribution in [0.2, 0.25) is 0 Å². The van der Waals surface area contributed by atoms with Crippen molar-refractivity contribution in [1.82, 2.24) is 4.90 Å². The summed E-state index contributed by atoms with van der Waals surface area (Å²) in [5.41, 5.74) is 0.144. The van der Waals surface area contributed by atoms with Gasteiger partial charge in [-0.25, -0.2) is 0 Å². The molecule has 1 N–H and O–H groups in total. The Kier molecular flexibility index (Phi) is 5.49. The van der Waals surface area contributed by atoms with E-state index in [2.05, 4.69) is 5.32 Å². The molecule has 1 heterocycles. The quantitative estimate of drug-likeness (QED) is 0.851. The molecular weight excluding hydrogens is 324 g/mol. The van der Waals surface area contributed by atoms with E-state index in [1.807, 2.05) is 39.0 Å². The lowest BCUT2D eigenvalue weighted by Gasteiger charge is -2.25. The van der Waals surface area contributed by atoms with Gasteiger partial charge in [-0.1, -0.05) is 50.7 Å². The average Bonchev–Trinajstić information content (AvgIpc) is 2.87. The zero-order valence-electron chi connectivity index (χ0n) is 14.3. The predicted molar refractivity (Wildman–Crippen MR) is 96.4 cm³/mol. The van der Waals surface area contributed by atoms with E-state index in [1.54, 1.807) is 19.1 Å². The summed E-state index contributed by atoms with van der Waals surface area (Å²) < 4.78 is 0. The highest BCUT2D eigenvalue weighted by Gasteiger charge is 2.35. The Morgan fingerprint density at radius 2 is 1.88 bits per heavy atom. The van der Waals surface area contributed by atoms with Gasteiger partial charge in [0.1, 0.15) is 6.04 Å². The van der Waals surface area contributed by atoms with Crippen molar-refractivity contribution in [1.29, 1.82) is 0 Å². The number of nitrogens with zero attached hydrogens (tertiary/aromatic N) is 1. The molecule has 0 aliphatic carbocycles. The van der Waals surface area contributed by atoms with Gasteiger partial charge in [-0.2, -0.15) is 0 Å². The normalized spacial score (nSPS) is 17.9. The molecule has 0 saturated carbocycles. The molecule has 1 aromatic carbocycles. The molecule has 0 bridgehead atoms. The molecule has 0 unspecified atom stereocenters. The summed E-state index contributed by atoms with van der Waals surface area (Å²) in [6, 6.07) is 8.38. The second kappa shape index (κ2) is 7.21. The van der Waals surface area contributed by atoms with Crippen LogP contribution < -0.4 is 5.32 Å². The predicted octanol–water partition coefficient (Wildman–Crippen LogP) is 3.05. The van der Waals surface area contributed by atoms with Gasteiger partial charge >= 0.3 is 0 Å². The van der Waals surface area contributed by atoms with Crippen LogP contribution in [0.3, 0.4) is 0 Å². The lowest BCUT2D eigenvalue weighted by Crippen LogP contribution is -2.42. The Morgan fingerprint density at radius 3 is 2.46 bits per heavy atom. The van der Waals surface area contributed by atoms with Crippen LogP contribution in [-0.2, 0) is 14.4 Å². The zero-order chi connectivity index (χ0) is 17.9. The fourth-order valence-electron chi connectivity index (χ4n) is 2.13. The average molecular weight is 346 g/mol. The zero-order valence-corrected chi connectivity index (χ0v) is 15.1. The smallest absolute Gasteiger partial charge is 0.247 e. The van der Waals surface area contributed by atoms with E-state index < -0.39 is 11.5 Å². The second-order valence-corrected chi connectivity index (χ2v) is 7.68. The summed E-state index contributed by atoms with van der Waals surface area (Å²) in [4.78, 5) is 38.3. The van der Waals surface area contributed by atoms with Gasteiger partial charge in [0, 0.05) is 17.2 Å². The molecule has 0 radical (unpaired) electrons. The SMILES string of the molecule is C[C@H](C(=O)Nc1ccccc1)N1C(=O)CS/C1=C\C(=O)C(C)(C)C. The van der Waals surface area contributed by atoms with Gasteiger partial charge in [-0.05, 0) is 19.1 Å². The molecule has 6 heteroatoms. The lowest BCUT2D eigenvalue weighted by atomic mass is 9.91. The minimum absolute atomic E-state index is 0.0691. The van der Waals surface area contributed by atoms with Crippen molar-refractivity contribution in [2.75, 3.05) is 11.1 Å². The molecule has 128 valence electrons. The molecule has 1 fully saturated rings. The number of hydrogen-bond acceptors (Lipinski definition) is 4. The maximum Gasteiger partial charge on any atom is 0.247 e. The molecule has 2 amide bonds. The van der Waals surface area contributed by atoms with E-state index in [0.29, 0.717) is 10.7 Å². The standard InChI is InChI=1S/C18H22N2O3S/c1-12(17(23)19-13-8-6-5-7-9-13)20-15(22)11-24-16(20)10-14(21)18(2,3)4/h5-10,12H,11H2,1-4H3,(H,19,23)/b16-10-/t12-/m1/s1. The lowest BCUT2D eigenvalue weighted by molar-refractivity contribution is -0.132. The maximum atomic E-state index is 12.4. The van der Waals surface area contributed by atoms with E-state index in [4.69, 9.17) is 0 Å². The van der Waals surface area contributed by atoms with Crippen molar-refractivity contribution in [2.24, 2.45) is 5.41 Å². The molecule has 1 aromatic rings. The number of thioether (sulfide) groups is 1. The molecule has 2 rings (SSSR count). The molecule has 1 aliphatic rings. The first-order chi connectivity index (χ1) is 11.2. The Labute approximate surface area is 146 Å². The number of rotatable bonds is 4. The third-order valence-electron chi connectivity index (χ3n) is 3.65. The Hall–Kier alpha value is -2.08. The molecular formula is C18H22N2O3S. The van der Waals surface area contributed by atoms with Crippen molar-refractivity contribution >= 4 is 35.0 Å². The van der Waals surface area contributed by atoms with Crippen LogP contribution in [0.4, 0.5) is 5.69 Å². The molecule has 5 nitrogen and oxygen atoms in total. The van der Waals surface area contributed by atoms with Gasteiger partial charge in [0.05, 0.1) is 10.8 Å². The number of nitrogens with one attached hydrogen (secondary N) is 1. The van der Waals surface area contributed by atoms with Crippen LogP contribution in [0.25, 0.3) is 0 Å². The summed E-state index contributed by atoms with van der Waals surface area (Å²) in [7, 11) is 0. The number of carbonyl (C=O) groups is 3. The van der Waals surface area contributed by atoms with Crippen molar-refractivity contribution in [3.8, 4) is 0 Å². The van der Waals surface area contributed by atoms with E-state index in [9.17, 15) is 14.4 Å². The van der Waals surface area contributed by atoms with E-state index in [0.717, 1.165) is 0 Å². The number of anilines is 1.